The summed E-state index contributed by atoms with van der Waals surface area (Å²) in [6, 6.07) is 16.8. The molecule has 0 spiro atoms. The summed E-state index contributed by atoms with van der Waals surface area (Å²) >= 11 is 0. The van der Waals surface area contributed by atoms with Crippen molar-refractivity contribution < 1.29 is 9.53 Å². The van der Waals surface area contributed by atoms with E-state index in [-0.39, 0.29) is 5.97 Å². The van der Waals surface area contributed by atoms with E-state index in [1.807, 2.05) is 24.3 Å². The van der Waals surface area contributed by atoms with Crippen LogP contribution in [0.5, 0.6) is 5.75 Å². The molecule has 1 aliphatic rings. The van der Waals surface area contributed by atoms with E-state index in [1.165, 1.54) is 36.8 Å². The zero-order valence-electron chi connectivity index (χ0n) is 16.0. The number of carbonyl (C=O) groups excluding carboxylic acids is 1. The summed E-state index contributed by atoms with van der Waals surface area (Å²) < 4.78 is 5.38. The molecule has 0 radical (unpaired) electrons. The molecule has 1 aliphatic carbocycles. The number of carbonyl (C=O) groups is 1. The second kappa shape index (κ2) is 9.02. The lowest BCUT2D eigenvalue weighted by Gasteiger charge is -2.26. The van der Waals surface area contributed by atoms with E-state index in [0.717, 1.165) is 30.2 Å². The number of benzene rings is 2. The third kappa shape index (κ3) is 4.97. The molecule has 26 heavy (non-hydrogen) atoms. The quantitative estimate of drug-likeness (QED) is 0.426. The number of hydrogen-bond acceptors (Lipinski definition) is 2. The number of rotatable bonds is 6. The van der Waals surface area contributed by atoms with Crippen LogP contribution in [0.2, 0.25) is 0 Å². The van der Waals surface area contributed by atoms with Crippen LogP contribution in [0, 0.1) is 5.92 Å². The Morgan fingerprint density at radius 3 is 2.08 bits per heavy atom. The van der Waals surface area contributed by atoms with E-state index in [0.29, 0.717) is 12.2 Å². The third-order valence-corrected chi connectivity index (χ3v) is 5.55. The number of esters is 1. The van der Waals surface area contributed by atoms with Gasteiger partial charge in [-0.1, -0.05) is 69.5 Å². The van der Waals surface area contributed by atoms with Gasteiger partial charge >= 0.3 is 5.97 Å². The average Bonchev–Trinajstić information content (AvgIpc) is 2.68. The van der Waals surface area contributed by atoms with Crippen LogP contribution in [0.3, 0.4) is 0 Å². The van der Waals surface area contributed by atoms with Crippen molar-refractivity contribution in [3.8, 4) is 16.9 Å². The minimum absolute atomic E-state index is 0.147. The van der Waals surface area contributed by atoms with Crippen molar-refractivity contribution in [2.45, 2.75) is 64.7 Å². The van der Waals surface area contributed by atoms with Gasteiger partial charge in [-0.05, 0) is 59.9 Å². The molecule has 0 aromatic heterocycles. The Bertz CT molecular complexity index is 692. The normalized spacial score (nSPS) is 19.9. The molecule has 2 aromatic carbocycles. The standard InChI is InChI=1S/C24H30O2/c1-3-4-5-24(25)26-23-16-14-22(15-17-23)21-12-10-20(11-13-21)19-8-6-18(2)7-9-19/h10-19H,3-9H2,1-2H3. The molecule has 0 heterocycles. The summed E-state index contributed by atoms with van der Waals surface area (Å²) in [7, 11) is 0. The average molecular weight is 351 g/mol. The summed E-state index contributed by atoms with van der Waals surface area (Å²) in [5, 5.41) is 0. The number of ether oxygens (including phenoxy) is 1. The molecule has 0 N–H and O–H groups in total. The van der Waals surface area contributed by atoms with Gasteiger partial charge in [-0.2, -0.15) is 0 Å². The van der Waals surface area contributed by atoms with E-state index >= 15 is 0 Å². The highest BCUT2D eigenvalue weighted by Gasteiger charge is 2.19. The third-order valence-electron chi connectivity index (χ3n) is 5.55. The summed E-state index contributed by atoms with van der Waals surface area (Å²) in [4.78, 5) is 11.7. The van der Waals surface area contributed by atoms with Gasteiger partial charge in [-0.15, -0.1) is 0 Å². The van der Waals surface area contributed by atoms with Crippen molar-refractivity contribution >= 4 is 5.97 Å². The van der Waals surface area contributed by atoms with E-state index in [9.17, 15) is 4.79 Å². The lowest BCUT2D eigenvalue weighted by Crippen LogP contribution is -2.10. The largest absolute Gasteiger partial charge is 0.427 e. The van der Waals surface area contributed by atoms with Crippen LogP contribution in [0.15, 0.2) is 48.5 Å². The highest BCUT2D eigenvalue weighted by Crippen LogP contribution is 2.36. The van der Waals surface area contributed by atoms with Crippen LogP contribution in [-0.2, 0) is 4.79 Å². The maximum absolute atomic E-state index is 11.7. The van der Waals surface area contributed by atoms with Crippen molar-refractivity contribution in [2.24, 2.45) is 5.92 Å². The Hall–Kier alpha value is -2.09. The highest BCUT2D eigenvalue weighted by molar-refractivity contribution is 5.73. The monoisotopic (exact) mass is 350 g/mol. The molecule has 0 aliphatic heterocycles. The first kappa shape index (κ1) is 18.7. The van der Waals surface area contributed by atoms with Crippen LogP contribution >= 0.6 is 0 Å². The van der Waals surface area contributed by atoms with Crippen molar-refractivity contribution in [3.63, 3.8) is 0 Å². The Balaban J connectivity index is 1.61. The first-order chi connectivity index (χ1) is 12.7. The Labute approximate surface area is 157 Å². The lowest BCUT2D eigenvalue weighted by atomic mass is 9.79. The Kier molecular flexibility index (Phi) is 6.49. The fourth-order valence-electron chi connectivity index (χ4n) is 3.76. The molecule has 3 rings (SSSR count). The van der Waals surface area contributed by atoms with E-state index in [4.69, 9.17) is 4.74 Å². The number of hydrogen-bond donors (Lipinski definition) is 0. The zero-order chi connectivity index (χ0) is 18.4. The second-order valence-corrected chi connectivity index (χ2v) is 7.68. The lowest BCUT2D eigenvalue weighted by molar-refractivity contribution is -0.134. The van der Waals surface area contributed by atoms with Crippen LogP contribution in [0.1, 0.15) is 70.3 Å². The van der Waals surface area contributed by atoms with Crippen molar-refractivity contribution in [1.82, 2.24) is 0 Å². The SMILES string of the molecule is CCCCC(=O)Oc1ccc(-c2ccc(C3CCC(C)CC3)cc2)cc1. The molecule has 2 nitrogen and oxygen atoms in total. The van der Waals surface area contributed by atoms with E-state index in [2.05, 4.69) is 38.1 Å². The van der Waals surface area contributed by atoms with Gasteiger partial charge in [0.25, 0.3) is 0 Å². The molecular formula is C24H30O2. The maximum atomic E-state index is 11.7. The van der Waals surface area contributed by atoms with E-state index < -0.39 is 0 Å². The highest BCUT2D eigenvalue weighted by atomic mass is 16.5. The molecule has 0 unspecified atom stereocenters. The van der Waals surface area contributed by atoms with Gasteiger partial charge in [-0.3, -0.25) is 4.79 Å². The molecule has 2 heteroatoms. The predicted molar refractivity (Wildman–Crippen MR) is 107 cm³/mol. The number of unbranched alkanes of at least 4 members (excludes halogenated alkanes) is 1. The smallest absolute Gasteiger partial charge is 0.311 e. The molecule has 0 saturated heterocycles. The summed E-state index contributed by atoms with van der Waals surface area (Å²) in [5.74, 6) is 2.10. The van der Waals surface area contributed by atoms with Gasteiger partial charge in [0, 0.05) is 6.42 Å². The molecule has 0 atom stereocenters. The second-order valence-electron chi connectivity index (χ2n) is 7.68. The minimum Gasteiger partial charge on any atom is -0.427 e. The van der Waals surface area contributed by atoms with Crippen LogP contribution in [0.4, 0.5) is 0 Å². The van der Waals surface area contributed by atoms with Crippen molar-refractivity contribution in [3.05, 3.63) is 54.1 Å². The van der Waals surface area contributed by atoms with Gasteiger partial charge in [0.15, 0.2) is 0 Å². The predicted octanol–water partition coefficient (Wildman–Crippen LogP) is 6.74. The van der Waals surface area contributed by atoms with Gasteiger partial charge in [-0.25, -0.2) is 0 Å². The molecular weight excluding hydrogens is 320 g/mol. The molecule has 0 bridgehead atoms. The van der Waals surface area contributed by atoms with Crippen LogP contribution in [-0.4, -0.2) is 5.97 Å². The summed E-state index contributed by atoms with van der Waals surface area (Å²) in [6.07, 6.45) is 7.71. The minimum atomic E-state index is -0.147. The molecule has 1 saturated carbocycles. The molecule has 1 fully saturated rings. The van der Waals surface area contributed by atoms with E-state index in [1.54, 1.807) is 0 Å². The van der Waals surface area contributed by atoms with Gasteiger partial charge in [0.1, 0.15) is 5.75 Å². The maximum Gasteiger partial charge on any atom is 0.311 e. The topological polar surface area (TPSA) is 26.3 Å². The van der Waals surface area contributed by atoms with Crippen molar-refractivity contribution in [2.75, 3.05) is 0 Å². The molecule has 0 amide bonds. The fraction of sp³-hybridized carbons (Fsp3) is 0.458. The Morgan fingerprint density at radius 1 is 0.923 bits per heavy atom. The van der Waals surface area contributed by atoms with Gasteiger partial charge in [0.2, 0.25) is 0 Å². The fourth-order valence-corrected chi connectivity index (χ4v) is 3.76. The van der Waals surface area contributed by atoms with Crippen molar-refractivity contribution in [1.29, 1.82) is 0 Å². The first-order valence-corrected chi connectivity index (χ1v) is 10.1. The Morgan fingerprint density at radius 2 is 1.50 bits per heavy atom. The molecule has 138 valence electrons. The first-order valence-electron chi connectivity index (χ1n) is 10.1. The van der Waals surface area contributed by atoms with Gasteiger partial charge < -0.3 is 4.74 Å². The summed E-state index contributed by atoms with van der Waals surface area (Å²) in [6.45, 7) is 4.44. The molecule has 2 aromatic rings. The zero-order valence-corrected chi connectivity index (χ0v) is 16.0. The van der Waals surface area contributed by atoms with Gasteiger partial charge in [0.05, 0.1) is 0 Å². The summed E-state index contributed by atoms with van der Waals surface area (Å²) in [5.41, 5.74) is 3.84. The van der Waals surface area contributed by atoms with Crippen LogP contribution < -0.4 is 4.74 Å². The van der Waals surface area contributed by atoms with Crippen LogP contribution in [0.25, 0.3) is 11.1 Å².